The number of esters is 1. The molecule has 63 heavy (non-hydrogen) atoms. The van der Waals surface area contributed by atoms with Gasteiger partial charge in [-0.2, -0.15) is 0 Å². The van der Waals surface area contributed by atoms with Crippen molar-refractivity contribution in [2.24, 2.45) is 0 Å². The maximum atomic E-state index is 12.7. The van der Waals surface area contributed by atoms with Crippen molar-refractivity contribution in [3.63, 3.8) is 0 Å². The second kappa shape index (κ2) is 46.2. The topological polar surface area (TPSA) is 94.1 Å². The largest absolute Gasteiger partial charge is 0.756 e. The van der Waals surface area contributed by atoms with E-state index in [1.165, 1.54) is 89.9 Å². The molecule has 0 bridgehead atoms. The molecule has 0 aromatic carbocycles. The van der Waals surface area contributed by atoms with Crippen LogP contribution in [0.25, 0.3) is 0 Å². The predicted octanol–water partition coefficient (Wildman–Crippen LogP) is 15.0. The average Bonchev–Trinajstić information content (AvgIpc) is 3.24. The fourth-order valence-corrected chi connectivity index (χ4v) is 7.27. The van der Waals surface area contributed by atoms with Crippen molar-refractivity contribution in [1.29, 1.82) is 0 Å². The van der Waals surface area contributed by atoms with Gasteiger partial charge < -0.3 is 27.9 Å². The van der Waals surface area contributed by atoms with Crippen LogP contribution in [0.5, 0.6) is 0 Å². The van der Waals surface area contributed by atoms with Gasteiger partial charge in [0.05, 0.1) is 34.4 Å². The Morgan fingerprint density at radius 2 is 0.921 bits per heavy atom. The third kappa shape index (κ3) is 50.5. The number of likely N-dealkylation sites (N-methyl/N-ethyl adjacent to an activating group) is 1. The van der Waals surface area contributed by atoms with Gasteiger partial charge in [-0.05, 0) is 89.9 Å². The van der Waals surface area contributed by atoms with Crippen LogP contribution in [-0.2, 0) is 27.9 Å². The van der Waals surface area contributed by atoms with Crippen LogP contribution >= 0.6 is 7.82 Å². The number of carbonyl (C=O) groups excluding carboxylic acids is 1. The molecule has 0 fully saturated rings. The average molecular weight is 902 g/mol. The normalized spacial score (nSPS) is 14.3. The van der Waals surface area contributed by atoms with Crippen molar-refractivity contribution in [3.05, 3.63) is 85.1 Å². The van der Waals surface area contributed by atoms with Crippen molar-refractivity contribution in [1.82, 2.24) is 0 Å². The summed E-state index contributed by atoms with van der Waals surface area (Å²) < 4.78 is 34.7. The molecular weight excluding hydrogens is 806 g/mol. The minimum atomic E-state index is -4.54. The third-order valence-corrected chi connectivity index (χ3v) is 11.4. The smallest absolute Gasteiger partial charge is 0.306 e. The molecule has 0 N–H and O–H groups in total. The zero-order valence-electron chi connectivity index (χ0n) is 41.2. The minimum absolute atomic E-state index is 0.0159. The van der Waals surface area contributed by atoms with Crippen LogP contribution in [-0.4, -0.2) is 70.7 Å². The van der Waals surface area contributed by atoms with Crippen LogP contribution < -0.4 is 4.89 Å². The van der Waals surface area contributed by atoms with E-state index >= 15 is 0 Å². The number of hydrogen-bond donors (Lipinski definition) is 0. The minimum Gasteiger partial charge on any atom is -0.756 e. The highest BCUT2D eigenvalue weighted by atomic mass is 31.2. The van der Waals surface area contributed by atoms with Gasteiger partial charge >= 0.3 is 5.97 Å². The summed E-state index contributed by atoms with van der Waals surface area (Å²) in [6.07, 6.45) is 61.7. The van der Waals surface area contributed by atoms with E-state index in [2.05, 4.69) is 98.9 Å². The highest BCUT2D eigenvalue weighted by molar-refractivity contribution is 7.45. The predicted molar refractivity (Wildman–Crippen MR) is 268 cm³/mol. The van der Waals surface area contributed by atoms with Gasteiger partial charge in [0.25, 0.3) is 7.82 Å². The number of rotatable bonds is 46. The van der Waals surface area contributed by atoms with Crippen LogP contribution in [0.2, 0.25) is 0 Å². The molecule has 0 aliphatic heterocycles. The summed E-state index contributed by atoms with van der Waals surface area (Å²) in [6, 6.07) is 0. The lowest BCUT2D eigenvalue weighted by atomic mass is 10.1. The molecule has 9 heteroatoms. The molecule has 0 heterocycles. The van der Waals surface area contributed by atoms with Gasteiger partial charge in [-0.1, -0.05) is 182 Å². The Morgan fingerprint density at radius 3 is 1.40 bits per heavy atom. The number of ether oxygens (including phenoxy) is 2. The van der Waals surface area contributed by atoms with E-state index in [1.807, 2.05) is 21.1 Å². The molecule has 0 aromatic rings. The van der Waals surface area contributed by atoms with E-state index in [9.17, 15) is 14.3 Å². The number of phosphoric acid groups is 1. The molecule has 0 spiro atoms. The first-order valence-corrected chi connectivity index (χ1v) is 26.8. The lowest BCUT2D eigenvalue weighted by molar-refractivity contribution is -0.870. The van der Waals surface area contributed by atoms with Crippen molar-refractivity contribution >= 4 is 13.8 Å². The van der Waals surface area contributed by atoms with Crippen LogP contribution in [0.4, 0.5) is 0 Å². The molecule has 0 saturated heterocycles. The van der Waals surface area contributed by atoms with E-state index in [0.29, 0.717) is 17.6 Å². The van der Waals surface area contributed by atoms with Gasteiger partial charge in [0, 0.05) is 13.0 Å². The lowest BCUT2D eigenvalue weighted by Crippen LogP contribution is -2.37. The SMILES string of the molecule is CC/C=C\C/C=C\C/C=C\C/C=C\C/C=C\C/C=C\CCCCCCC(=O)OC(COCCCCCCCCCC/C=C\CCCCCCCC)COP(=O)([O-])OCC[N+](C)(C)C. The molecule has 0 aromatic heterocycles. The van der Waals surface area contributed by atoms with Gasteiger partial charge in [0.15, 0.2) is 0 Å². The molecule has 2 unspecified atom stereocenters. The second-order valence-corrected chi connectivity index (χ2v) is 19.2. The highest BCUT2D eigenvalue weighted by Gasteiger charge is 2.20. The first-order valence-electron chi connectivity index (χ1n) is 25.3. The lowest BCUT2D eigenvalue weighted by Gasteiger charge is -2.28. The molecule has 0 radical (unpaired) electrons. The monoisotopic (exact) mass is 902 g/mol. The van der Waals surface area contributed by atoms with Gasteiger partial charge in [0.1, 0.15) is 19.3 Å². The highest BCUT2D eigenvalue weighted by Crippen LogP contribution is 2.38. The van der Waals surface area contributed by atoms with E-state index < -0.39 is 13.9 Å². The second-order valence-electron chi connectivity index (χ2n) is 17.8. The van der Waals surface area contributed by atoms with Gasteiger partial charge in [-0.3, -0.25) is 9.36 Å². The Morgan fingerprint density at radius 1 is 0.508 bits per heavy atom. The van der Waals surface area contributed by atoms with Crippen molar-refractivity contribution < 1.29 is 37.3 Å². The fourth-order valence-electron chi connectivity index (χ4n) is 6.54. The third-order valence-electron chi connectivity index (χ3n) is 10.4. The fraction of sp³-hybridized carbons (Fsp3) is 0.722. The Hall–Kier alpha value is -2.32. The zero-order chi connectivity index (χ0) is 46.2. The van der Waals surface area contributed by atoms with Gasteiger partial charge in [0.2, 0.25) is 0 Å². The summed E-state index contributed by atoms with van der Waals surface area (Å²) >= 11 is 0. The number of carbonyl (C=O) groups is 1. The Bertz CT molecular complexity index is 1280. The first kappa shape index (κ1) is 60.7. The van der Waals surface area contributed by atoms with E-state index in [0.717, 1.165) is 83.5 Å². The Kier molecular flexibility index (Phi) is 44.5. The molecule has 364 valence electrons. The summed E-state index contributed by atoms with van der Waals surface area (Å²) in [5.41, 5.74) is 0. The molecule has 0 saturated carbocycles. The molecular formula is C54H96NO7P. The summed E-state index contributed by atoms with van der Waals surface area (Å²) in [7, 11) is 1.33. The van der Waals surface area contributed by atoms with Crippen LogP contribution in [0.1, 0.15) is 194 Å². The van der Waals surface area contributed by atoms with E-state index in [-0.39, 0.29) is 32.2 Å². The van der Waals surface area contributed by atoms with Gasteiger partial charge in [-0.15, -0.1) is 0 Å². The van der Waals surface area contributed by atoms with Crippen molar-refractivity contribution in [2.45, 2.75) is 200 Å². The quantitative estimate of drug-likeness (QED) is 0.0197. The molecule has 8 nitrogen and oxygen atoms in total. The Balaban J connectivity index is 4.25. The molecule has 0 rings (SSSR count). The van der Waals surface area contributed by atoms with Crippen LogP contribution in [0.3, 0.4) is 0 Å². The van der Waals surface area contributed by atoms with Gasteiger partial charge in [-0.25, -0.2) is 0 Å². The number of allylic oxidation sites excluding steroid dienone is 14. The summed E-state index contributed by atoms with van der Waals surface area (Å²) in [6.45, 7) is 5.25. The standard InChI is InChI=1S/C54H96NO7P/c1-6-8-10-12-14-16-18-20-22-24-26-27-28-29-30-31-33-35-37-39-41-43-45-47-54(56)62-53(52-61-63(57,58)60-50-48-55(3,4)5)51-59-49-46-44-42-40-38-36-34-32-25-23-21-19-17-15-13-11-9-7-2/h8,10,14,16,20-23,26-27,29-30,33,35,53H,6-7,9,11-13,15,17-19,24-25,28,31-32,34,36-52H2,1-5H3/b10-8-,16-14-,22-20-,23-21-,27-26-,30-29-,35-33-. The van der Waals surface area contributed by atoms with Crippen LogP contribution in [0, 0.1) is 0 Å². The molecule has 0 amide bonds. The number of phosphoric ester groups is 1. The van der Waals surface area contributed by atoms with Crippen molar-refractivity contribution in [3.8, 4) is 0 Å². The summed E-state index contributed by atoms with van der Waals surface area (Å²) in [5, 5.41) is 0. The van der Waals surface area contributed by atoms with E-state index in [1.54, 1.807) is 0 Å². The zero-order valence-corrected chi connectivity index (χ0v) is 42.1. The summed E-state index contributed by atoms with van der Waals surface area (Å²) in [5.74, 6) is -0.361. The molecule has 2 atom stereocenters. The van der Waals surface area contributed by atoms with E-state index in [4.69, 9.17) is 18.5 Å². The molecule has 0 aliphatic rings. The molecule has 0 aliphatic carbocycles. The number of hydrogen-bond acceptors (Lipinski definition) is 7. The number of quaternary nitrogens is 1. The first-order chi connectivity index (χ1) is 30.6. The maximum Gasteiger partial charge on any atom is 0.306 e. The Labute approximate surface area is 388 Å². The number of nitrogens with zero attached hydrogens (tertiary/aromatic N) is 1. The van der Waals surface area contributed by atoms with Crippen molar-refractivity contribution in [2.75, 3.05) is 54.1 Å². The van der Waals surface area contributed by atoms with Crippen LogP contribution in [0.15, 0.2) is 85.1 Å². The maximum absolute atomic E-state index is 12.7. The summed E-state index contributed by atoms with van der Waals surface area (Å²) in [4.78, 5) is 25.2. The number of unbranched alkanes of at least 4 members (excludes halogenated alkanes) is 18.